The maximum atomic E-state index is 3.58. The van der Waals surface area contributed by atoms with E-state index in [1.54, 1.807) is 6.42 Å². The van der Waals surface area contributed by atoms with Gasteiger partial charge in [0.1, 0.15) is 0 Å². The second kappa shape index (κ2) is 7.53. The Morgan fingerprint density at radius 1 is 0.926 bits per heavy atom. The van der Waals surface area contributed by atoms with Crippen LogP contribution in [-0.2, 0) is 0 Å². The summed E-state index contributed by atoms with van der Waals surface area (Å²) in [4.78, 5) is 0. The molecular weight excluding hydrogens is 324 g/mol. The summed E-state index contributed by atoms with van der Waals surface area (Å²) in [6.07, 6.45) is 22.0. The van der Waals surface area contributed by atoms with E-state index < -0.39 is 0 Å². The second-order valence-electron chi connectivity index (χ2n) is 12.0. The van der Waals surface area contributed by atoms with Crippen molar-refractivity contribution in [2.75, 3.05) is 0 Å². The van der Waals surface area contributed by atoms with Crippen LogP contribution in [0.3, 0.4) is 0 Å². The Bertz CT molecular complexity index is 544. The van der Waals surface area contributed by atoms with Crippen LogP contribution in [0.25, 0.3) is 0 Å². The summed E-state index contributed by atoms with van der Waals surface area (Å²) in [6.45, 7) is 12.8. The molecule has 4 rings (SSSR count). The van der Waals surface area contributed by atoms with E-state index in [4.69, 9.17) is 0 Å². The molecule has 0 aromatic carbocycles. The predicted molar refractivity (Wildman–Crippen MR) is 116 cm³/mol. The molecule has 0 heteroatoms. The summed E-state index contributed by atoms with van der Waals surface area (Å²) in [5, 5.41) is 0. The summed E-state index contributed by atoms with van der Waals surface area (Å²) in [5.41, 5.74) is 1.24. The first kappa shape index (κ1) is 20.0. The first-order valence-corrected chi connectivity index (χ1v) is 12.4. The van der Waals surface area contributed by atoms with Crippen LogP contribution in [0.2, 0.25) is 0 Å². The van der Waals surface area contributed by atoms with Gasteiger partial charge in [-0.1, -0.05) is 60.0 Å². The van der Waals surface area contributed by atoms with Crippen LogP contribution in [0.5, 0.6) is 0 Å². The molecule has 27 heavy (non-hydrogen) atoms. The Labute approximate surface area is 170 Å². The molecule has 153 valence electrons. The van der Waals surface area contributed by atoms with Crippen LogP contribution in [-0.4, -0.2) is 0 Å². The van der Waals surface area contributed by atoms with Gasteiger partial charge in [0.05, 0.1) is 0 Å². The van der Waals surface area contributed by atoms with E-state index in [9.17, 15) is 0 Å². The fourth-order valence-electron chi connectivity index (χ4n) is 8.73. The zero-order chi connectivity index (χ0) is 19.2. The van der Waals surface area contributed by atoms with Crippen molar-refractivity contribution in [1.29, 1.82) is 0 Å². The molecule has 0 aromatic heterocycles. The minimum atomic E-state index is 0.594. The molecule has 0 amide bonds. The normalized spacial score (nSPS) is 47.4. The summed E-state index contributed by atoms with van der Waals surface area (Å²) in [6, 6.07) is 0. The van der Waals surface area contributed by atoms with E-state index in [0.29, 0.717) is 10.8 Å². The molecule has 0 saturated heterocycles. The lowest BCUT2D eigenvalue weighted by atomic mass is 9.45. The number of rotatable bonds is 5. The van der Waals surface area contributed by atoms with Crippen LogP contribution in [0.1, 0.15) is 105 Å². The molecule has 0 bridgehead atoms. The minimum absolute atomic E-state index is 0.594. The van der Waals surface area contributed by atoms with E-state index in [1.165, 1.54) is 64.2 Å². The molecule has 3 fully saturated rings. The van der Waals surface area contributed by atoms with Crippen LogP contribution in [0.15, 0.2) is 6.08 Å². The summed E-state index contributed by atoms with van der Waals surface area (Å²) in [7, 11) is 0. The Morgan fingerprint density at radius 3 is 2.48 bits per heavy atom. The highest BCUT2D eigenvalue weighted by atomic mass is 14.6. The average Bonchev–Trinajstić information content (AvgIpc) is 2.98. The van der Waals surface area contributed by atoms with Crippen molar-refractivity contribution in [3.63, 3.8) is 0 Å². The zero-order valence-electron chi connectivity index (χ0n) is 18.9. The van der Waals surface area contributed by atoms with Crippen LogP contribution < -0.4 is 0 Å². The highest BCUT2D eigenvalue weighted by molar-refractivity contribution is 5.11. The lowest BCUT2D eigenvalue weighted by Crippen LogP contribution is -2.52. The first-order valence-electron chi connectivity index (χ1n) is 12.4. The molecule has 0 spiro atoms. The van der Waals surface area contributed by atoms with Gasteiger partial charge in [0.15, 0.2) is 0 Å². The topological polar surface area (TPSA) is 0 Å². The maximum Gasteiger partial charge on any atom is -0.0229 e. The third-order valence-corrected chi connectivity index (χ3v) is 10.3. The standard InChI is InChI=1S/C27H45/c1-19(2)9-8-10-20(3)23-14-15-24-22-13-12-21-11-6-7-17-26(21,4)25(22)16-18-27(23,24)5/h7,19-25H,8-18H2,1-5H3/t20-,21?,22+,23-,24+,25+,26+,27-/m1/s1. The monoisotopic (exact) mass is 369 g/mol. The SMILES string of the molecule is CC(C)CCC[C@@H](C)[C@H]1CC[C@H]2[C@@H]3CCC4C[C]=CC[C@]4(C)[C@H]3CC[C@]12C. The molecule has 0 heterocycles. The van der Waals surface area contributed by atoms with Crippen molar-refractivity contribution >= 4 is 0 Å². The molecular formula is C27H45. The van der Waals surface area contributed by atoms with Gasteiger partial charge in [0.25, 0.3) is 0 Å². The van der Waals surface area contributed by atoms with Gasteiger partial charge >= 0.3 is 0 Å². The maximum absolute atomic E-state index is 3.58. The largest absolute Gasteiger partial charge is 0.0805 e. The van der Waals surface area contributed by atoms with E-state index in [2.05, 4.69) is 46.8 Å². The number of hydrogen-bond acceptors (Lipinski definition) is 0. The van der Waals surface area contributed by atoms with Crippen LogP contribution in [0.4, 0.5) is 0 Å². The van der Waals surface area contributed by atoms with Crippen molar-refractivity contribution in [3.8, 4) is 0 Å². The van der Waals surface area contributed by atoms with Crippen molar-refractivity contribution in [3.05, 3.63) is 12.2 Å². The van der Waals surface area contributed by atoms with Crippen LogP contribution in [0, 0.1) is 58.3 Å². The minimum Gasteiger partial charge on any atom is -0.0805 e. The third kappa shape index (κ3) is 3.36. The number of fused-ring (bicyclic) bond motifs is 5. The van der Waals surface area contributed by atoms with Crippen molar-refractivity contribution in [2.45, 2.75) is 105 Å². The molecule has 1 radical (unpaired) electrons. The molecule has 1 unspecified atom stereocenters. The molecule has 0 aliphatic heterocycles. The van der Waals surface area contributed by atoms with Gasteiger partial charge < -0.3 is 0 Å². The smallest absolute Gasteiger partial charge is 0.0229 e. The molecule has 8 atom stereocenters. The highest BCUT2D eigenvalue weighted by Gasteiger charge is 2.59. The van der Waals surface area contributed by atoms with E-state index in [0.717, 1.165) is 41.4 Å². The lowest BCUT2D eigenvalue weighted by molar-refractivity contribution is -0.101. The van der Waals surface area contributed by atoms with E-state index in [-0.39, 0.29) is 0 Å². The predicted octanol–water partition coefficient (Wildman–Crippen LogP) is 8.08. The van der Waals surface area contributed by atoms with Gasteiger partial charge in [0.2, 0.25) is 0 Å². The van der Waals surface area contributed by atoms with Gasteiger partial charge in [-0.15, -0.1) is 0 Å². The Kier molecular flexibility index (Phi) is 5.59. The first-order chi connectivity index (χ1) is 12.9. The summed E-state index contributed by atoms with van der Waals surface area (Å²) in [5.74, 6) is 6.81. The fraction of sp³-hybridized carbons (Fsp3) is 0.926. The molecule has 4 aliphatic rings. The molecule has 4 aliphatic carbocycles. The molecule has 0 nitrogen and oxygen atoms in total. The van der Waals surface area contributed by atoms with Crippen molar-refractivity contribution in [1.82, 2.24) is 0 Å². The third-order valence-electron chi connectivity index (χ3n) is 10.3. The van der Waals surface area contributed by atoms with Crippen LogP contribution >= 0.6 is 0 Å². The fourth-order valence-corrected chi connectivity index (χ4v) is 8.73. The summed E-state index contributed by atoms with van der Waals surface area (Å²) < 4.78 is 0. The summed E-state index contributed by atoms with van der Waals surface area (Å²) >= 11 is 0. The van der Waals surface area contributed by atoms with E-state index >= 15 is 0 Å². The Morgan fingerprint density at radius 2 is 1.70 bits per heavy atom. The van der Waals surface area contributed by atoms with Gasteiger partial charge in [-0.25, -0.2) is 0 Å². The Hall–Kier alpha value is -0.260. The lowest BCUT2D eigenvalue weighted by Gasteiger charge is -2.60. The molecule has 3 saturated carbocycles. The van der Waals surface area contributed by atoms with Crippen molar-refractivity contribution in [2.24, 2.45) is 52.3 Å². The van der Waals surface area contributed by atoms with E-state index in [1.807, 2.05) is 0 Å². The second-order valence-corrected chi connectivity index (χ2v) is 12.0. The quantitative estimate of drug-likeness (QED) is 0.459. The molecule has 0 N–H and O–H groups in total. The van der Waals surface area contributed by atoms with Gasteiger partial charge in [-0.05, 0) is 110 Å². The number of hydrogen-bond donors (Lipinski definition) is 0. The van der Waals surface area contributed by atoms with Gasteiger partial charge in [0, 0.05) is 0 Å². The number of allylic oxidation sites excluding steroid dienone is 2. The average molecular weight is 370 g/mol. The highest BCUT2D eigenvalue weighted by Crippen LogP contribution is 2.67. The van der Waals surface area contributed by atoms with Gasteiger partial charge in [-0.3, -0.25) is 0 Å². The van der Waals surface area contributed by atoms with Crippen molar-refractivity contribution < 1.29 is 0 Å². The molecule has 0 aromatic rings. The van der Waals surface area contributed by atoms with Gasteiger partial charge in [-0.2, -0.15) is 0 Å². The Balaban J connectivity index is 1.47. The zero-order valence-corrected chi connectivity index (χ0v) is 18.9.